The van der Waals surface area contributed by atoms with Gasteiger partial charge in [0.05, 0.1) is 6.10 Å². The second-order valence-electron chi connectivity index (χ2n) is 5.85. The molecule has 2 nitrogen and oxygen atoms in total. The van der Waals surface area contributed by atoms with Gasteiger partial charge < -0.3 is 9.64 Å². The van der Waals surface area contributed by atoms with Gasteiger partial charge in [-0.2, -0.15) is 0 Å². The van der Waals surface area contributed by atoms with E-state index in [0.717, 1.165) is 6.54 Å². The monoisotopic (exact) mass is 277 g/mol. The number of ether oxygens (including phenoxy) is 1. The molecule has 0 radical (unpaired) electrons. The summed E-state index contributed by atoms with van der Waals surface area (Å²) < 4.78 is 5.62. The van der Waals surface area contributed by atoms with E-state index in [9.17, 15) is 0 Å². The summed E-state index contributed by atoms with van der Waals surface area (Å²) in [5, 5.41) is 0. The fourth-order valence-corrected chi connectivity index (χ4v) is 4.50. The van der Waals surface area contributed by atoms with Gasteiger partial charge in [-0.05, 0) is 30.5 Å². The highest BCUT2D eigenvalue weighted by atomic mass is 32.2. The van der Waals surface area contributed by atoms with E-state index in [1.165, 1.54) is 30.2 Å². The van der Waals surface area contributed by atoms with Crippen molar-refractivity contribution in [2.75, 3.05) is 32.5 Å². The summed E-state index contributed by atoms with van der Waals surface area (Å²) in [6.07, 6.45) is 1.68. The molecule has 0 aromatic heterocycles. The zero-order valence-electron chi connectivity index (χ0n) is 11.8. The maximum atomic E-state index is 5.62. The average Bonchev–Trinajstić information content (AvgIpc) is 2.84. The van der Waals surface area contributed by atoms with Gasteiger partial charge in [0.25, 0.3) is 0 Å². The van der Waals surface area contributed by atoms with Gasteiger partial charge in [0.1, 0.15) is 0 Å². The molecule has 2 heterocycles. The molecule has 2 aliphatic heterocycles. The standard InChI is InChI=1S/C16H23NOS/c1-12-7-8-17(10-15(12)18-2)9-13-11-19-16-6-4-3-5-14(13)16/h3-6,12-13,15H,7-11H2,1-2H3. The Morgan fingerprint density at radius 2 is 2.21 bits per heavy atom. The van der Waals surface area contributed by atoms with Gasteiger partial charge in [-0.15, -0.1) is 11.8 Å². The van der Waals surface area contributed by atoms with Gasteiger partial charge in [-0.25, -0.2) is 0 Å². The van der Waals surface area contributed by atoms with E-state index in [-0.39, 0.29) is 0 Å². The van der Waals surface area contributed by atoms with E-state index < -0.39 is 0 Å². The van der Waals surface area contributed by atoms with Crippen LogP contribution < -0.4 is 0 Å². The minimum absolute atomic E-state index is 0.415. The first-order valence-corrected chi connectivity index (χ1v) is 8.23. The number of benzene rings is 1. The fraction of sp³-hybridized carbons (Fsp3) is 0.625. The lowest BCUT2D eigenvalue weighted by Gasteiger charge is -2.37. The number of likely N-dealkylation sites (tertiary alicyclic amines) is 1. The SMILES string of the molecule is COC1CN(CC2CSc3ccccc32)CCC1C. The minimum atomic E-state index is 0.415. The highest BCUT2D eigenvalue weighted by molar-refractivity contribution is 7.99. The molecule has 1 fully saturated rings. The summed E-state index contributed by atoms with van der Waals surface area (Å²) in [5.74, 6) is 2.64. The van der Waals surface area contributed by atoms with Crippen LogP contribution >= 0.6 is 11.8 Å². The van der Waals surface area contributed by atoms with Gasteiger partial charge >= 0.3 is 0 Å². The highest BCUT2D eigenvalue weighted by Gasteiger charge is 2.30. The number of fused-ring (bicyclic) bond motifs is 1. The maximum absolute atomic E-state index is 5.62. The van der Waals surface area contributed by atoms with Crippen molar-refractivity contribution in [3.8, 4) is 0 Å². The van der Waals surface area contributed by atoms with Crippen molar-refractivity contribution in [1.29, 1.82) is 0 Å². The Morgan fingerprint density at radius 1 is 1.37 bits per heavy atom. The zero-order chi connectivity index (χ0) is 13.2. The van der Waals surface area contributed by atoms with Crippen molar-refractivity contribution in [2.45, 2.75) is 30.3 Å². The van der Waals surface area contributed by atoms with E-state index in [0.29, 0.717) is 17.9 Å². The second-order valence-corrected chi connectivity index (χ2v) is 6.91. The lowest BCUT2D eigenvalue weighted by Crippen LogP contribution is -2.45. The van der Waals surface area contributed by atoms with Gasteiger partial charge in [-0.3, -0.25) is 0 Å². The normalized spacial score (nSPS) is 31.4. The van der Waals surface area contributed by atoms with Crippen molar-refractivity contribution in [1.82, 2.24) is 4.90 Å². The first kappa shape index (κ1) is 13.5. The van der Waals surface area contributed by atoms with Crippen molar-refractivity contribution < 1.29 is 4.74 Å². The van der Waals surface area contributed by atoms with Crippen LogP contribution in [-0.2, 0) is 4.74 Å². The smallest absolute Gasteiger partial charge is 0.0724 e. The van der Waals surface area contributed by atoms with Crippen LogP contribution in [0.1, 0.15) is 24.8 Å². The van der Waals surface area contributed by atoms with E-state index >= 15 is 0 Å². The van der Waals surface area contributed by atoms with Gasteiger partial charge in [0.2, 0.25) is 0 Å². The topological polar surface area (TPSA) is 12.5 Å². The molecule has 3 rings (SSSR count). The zero-order valence-corrected chi connectivity index (χ0v) is 12.7. The van der Waals surface area contributed by atoms with Crippen LogP contribution in [0, 0.1) is 5.92 Å². The molecular formula is C16H23NOS. The summed E-state index contributed by atoms with van der Waals surface area (Å²) in [6, 6.07) is 8.89. The first-order valence-electron chi connectivity index (χ1n) is 7.25. The number of nitrogens with zero attached hydrogens (tertiary/aromatic N) is 1. The molecule has 0 spiro atoms. The molecule has 104 valence electrons. The molecule has 0 N–H and O–H groups in total. The van der Waals surface area contributed by atoms with Crippen molar-refractivity contribution in [3.05, 3.63) is 29.8 Å². The summed E-state index contributed by atoms with van der Waals surface area (Å²) in [5.41, 5.74) is 1.56. The summed E-state index contributed by atoms with van der Waals surface area (Å²) in [7, 11) is 1.85. The van der Waals surface area contributed by atoms with Crippen LogP contribution in [0.15, 0.2) is 29.2 Å². The first-order chi connectivity index (χ1) is 9.28. The molecule has 3 atom stereocenters. The maximum Gasteiger partial charge on any atom is 0.0724 e. The van der Waals surface area contributed by atoms with Crippen molar-refractivity contribution in [3.63, 3.8) is 0 Å². The molecule has 2 aliphatic rings. The Kier molecular flexibility index (Phi) is 4.15. The van der Waals surface area contributed by atoms with Gasteiger partial charge in [0, 0.05) is 36.8 Å². The molecule has 19 heavy (non-hydrogen) atoms. The van der Waals surface area contributed by atoms with Gasteiger partial charge in [0.15, 0.2) is 0 Å². The van der Waals surface area contributed by atoms with Crippen molar-refractivity contribution in [2.24, 2.45) is 5.92 Å². The third-order valence-corrected chi connectivity index (χ3v) is 5.81. The van der Waals surface area contributed by atoms with E-state index in [4.69, 9.17) is 4.74 Å². The molecule has 0 aliphatic carbocycles. The molecule has 1 aromatic rings. The van der Waals surface area contributed by atoms with Crippen LogP contribution in [0.25, 0.3) is 0 Å². The van der Waals surface area contributed by atoms with E-state index in [2.05, 4.69) is 36.1 Å². The Labute approximate surface area is 120 Å². The van der Waals surface area contributed by atoms with Crippen LogP contribution in [0.2, 0.25) is 0 Å². The average molecular weight is 277 g/mol. The third-order valence-electron chi connectivity index (χ3n) is 4.55. The molecule has 0 saturated carbocycles. The Morgan fingerprint density at radius 3 is 3.05 bits per heavy atom. The predicted molar refractivity (Wildman–Crippen MR) is 80.9 cm³/mol. The van der Waals surface area contributed by atoms with Crippen LogP contribution in [0.5, 0.6) is 0 Å². The molecule has 0 amide bonds. The number of methoxy groups -OCH3 is 1. The number of rotatable bonds is 3. The second kappa shape index (κ2) is 5.86. The lowest BCUT2D eigenvalue weighted by atomic mass is 9.94. The van der Waals surface area contributed by atoms with Crippen molar-refractivity contribution >= 4 is 11.8 Å². The third kappa shape index (κ3) is 2.83. The van der Waals surface area contributed by atoms with E-state index in [1.807, 2.05) is 18.9 Å². The molecule has 1 saturated heterocycles. The van der Waals surface area contributed by atoms with Crippen LogP contribution in [-0.4, -0.2) is 43.5 Å². The number of hydrogen-bond acceptors (Lipinski definition) is 3. The Bertz CT molecular complexity index is 437. The molecule has 1 aromatic carbocycles. The Balaban J connectivity index is 1.64. The largest absolute Gasteiger partial charge is 0.380 e. The predicted octanol–water partition coefficient (Wildman–Crippen LogP) is 3.23. The highest BCUT2D eigenvalue weighted by Crippen LogP contribution is 2.40. The minimum Gasteiger partial charge on any atom is -0.380 e. The summed E-state index contributed by atoms with van der Waals surface area (Å²) >= 11 is 2.01. The van der Waals surface area contributed by atoms with Gasteiger partial charge in [-0.1, -0.05) is 25.1 Å². The van der Waals surface area contributed by atoms with Crippen LogP contribution in [0.3, 0.4) is 0 Å². The fourth-order valence-electron chi connectivity index (χ4n) is 3.26. The summed E-state index contributed by atoms with van der Waals surface area (Å²) in [6.45, 7) is 5.83. The lowest BCUT2D eigenvalue weighted by molar-refractivity contribution is -0.00601. The van der Waals surface area contributed by atoms with E-state index in [1.54, 1.807) is 5.56 Å². The molecule has 3 unspecified atom stereocenters. The summed E-state index contributed by atoms with van der Waals surface area (Å²) in [4.78, 5) is 4.09. The molecular weight excluding hydrogens is 254 g/mol. The quantitative estimate of drug-likeness (QED) is 0.841. The molecule has 0 bridgehead atoms. The van der Waals surface area contributed by atoms with Crippen LogP contribution in [0.4, 0.5) is 0 Å². The number of thioether (sulfide) groups is 1. The number of piperidine rings is 1. The Hall–Kier alpha value is -0.510. The molecule has 3 heteroatoms. The number of hydrogen-bond donors (Lipinski definition) is 0.